The zero-order chi connectivity index (χ0) is 22.8. The molecule has 0 bridgehead atoms. The number of aromatic amines is 1. The fourth-order valence-electron chi connectivity index (χ4n) is 4.95. The van der Waals surface area contributed by atoms with Gasteiger partial charge in [-0.1, -0.05) is 60.7 Å². The third kappa shape index (κ3) is 2.52. The predicted molar refractivity (Wildman–Crippen MR) is 134 cm³/mol. The molecule has 0 fully saturated rings. The lowest BCUT2D eigenvalue weighted by atomic mass is 10.0. The Labute approximate surface area is 194 Å². The fraction of sp³-hybridized carbons (Fsp3) is 0. The minimum atomic E-state index is -0.296. The molecule has 0 saturated heterocycles. The molecule has 0 radical (unpaired) electrons. The molecule has 1 aromatic heterocycles. The highest BCUT2D eigenvalue weighted by Gasteiger charge is 2.36. The van der Waals surface area contributed by atoms with Crippen molar-refractivity contribution in [2.75, 3.05) is 4.90 Å². The second-order valence-corrected chi connectivity index (χ2v) is 8.44. The number of imidazole rings is 1. The summed E-state index contributed by atoms with van der Waals surface area (Å²) in [6.45, 7) is 0. The molecule has 1 aliphatic heterocycles. The summed E-state index contributed by atoms with van der Waals surface area (Å²) in [6.07, 6.45) is 0. The lowest BCUT2D eigenvalue weighted by molar-refractivity contribution is 0.0926. The van der Waals surface area contributed by atoms with Crippen molar-refractivity contribution >= 4 is 50.1 Å². The van der Waals surface area contributed by atoms with Crippen LogP contribution in [0.3, 0.4) is 0 Å². The normalized spacial score (nSPS) is 13.4. The van der Waals surface area contributed by atoms with Crippen molar-refractivity contribution in [3.63, 3.8) is 0 Å². The van der Waals surface area contributed by atoms with E-state index in [2.05, 4.69) is 35.3 Å². The van der Waals surface area contributed by atoms with Crippen LogP contribution in [0, 0.1) is 0 Å². The molecule has 6 aromatic rings. The van der Waals surface area contributed by atoms with E-state index in [1.165, 1.54) is 15.7 Å². The van der Waals surface area contributed by atoms with Gasteiger partial charge in [0.2, 0.25) is 0 Å². The standard InChI is InChI=1S/C29H17N3O2/c33-28-23-11-5-6-12-24(23)29(34)32(28)18-15-13-17(14-16-18)27-30-25-21-9-3-1-7-19(21)20-8-2-4-10-22(20)26(25)31-27/h1-16H,(H,30,31). The van der Waals surface area contributed by atoms with E-state index in [9.17, 15) is 9.59 Å². The number of nitrogens with one attached hydrogen (secondary N) is 1. The first kappa shape index (κ1) is 18.8. The molecule has 0 aliphatic carbocycles. The number of carbonyl (C=O) groups excluding carboxylic acids is 2. The van der Waals surface area contributed by atoms with Crippen molar-refractivity contribution in [2.24, 2.45) is 0 Å². The third-order valence-electron chi connectivity index (χ3n) is 6.57. The first-order valence-corrected chi connectivity index (χ1v) is 11.1. The van der Waals surface area contributed by atoms with E-state index >= 15 is 0 Å². The molecule has 0 spiro atoms. The number of amides is 2. The van der Waals surface area contributed by atoms with Crippen LogP contribution < -0.4 is 4.90 Å². The van der Waals surface area contributed by atoms with Crippen LogP contribution in [0.15, 0.2) is 97.1 Å². The van der Waals surface area contributed by atoms with E-state index in [-0.39, 0.29) is 11.8 Å². The highest BCUT2D eigenvalue weighted by Crippen LogP contribution is 2.36. The van der Waals surface area contributed by atoms with Crippen molar-refractivity contribution in [1.29, 1.82) is 0 Å². The Balaban J connectivity index is 1.34. The van der Waals surface area contributed by atoms with Gasteiger partial charge in [-0.05, 0) is 47.2 Å². The zero-order valence-corrected chi connectivity index (χ0v) is 17.9. The first-order chi connectivity index (χ1) is 16.7. The van der Waals surface area contributed by atoms with Crippen LogP contribution in [0.2, 0.25) is 0 Å². The Morgan fingerprint density at radius 2 is 1.12 bits per heavy atom. The van der Waals surface area contributed by atoms with Crippen LogP contribution in [-0.4, -0.2) is 21.8 Å². The molecule has 0 unspecified atom stereocenters. The summed E-state index contributed by atoms with van der Waals surface area (Å²) in [6, 6.07) is 30.9. The Hall–Kier alpha value is -4.77. The number of imide groups is 1. The van der Waals surface area contributed by atoms with Gasteiger partial charge in [0.25, 0.3) is 11.8 Å². The molecule has 0 saturated carbocycles. The topological polar surface area (TPSA) is 66.1 Å². The third-order valence-corrected chi connectivity index (χ3v) is 6.57. The fourth-order valence-corrected chi connectivity index (χ4v) is 4.95. The van der Waals surface area contributed by atoms with Crippen LogP contribution in [-0.2, 0) is 0 Å². The van der Waals surface area contributed by atoms with Crippen molar-refractivity contribution in [3.8, 4) is 11.4 Å². The SMILES string of the molecule is O=C1c2ccccc2C(=O)N1c1ccc(-c2nc3c4ccccc4c4ccccc4c3[nH]2)cc1. The van der Waals surface area contributed by atoms with Crippen LogP contribution in [0.1, 0.15) is 20.7 Å². The summed E-state index contributed by atoms with van der Waals surface area (Å²) in [5.41, 5.74) is 4.22. The highest BCUT2D eigenvalue weighted by molar-refractivity contribution is 6.34. The minimum Gasteiger partial charge on any atom is -0.337 e. The first-order valence-electron chi connectivity index (χ1n) is 11.1. The number of rotatable bonds is 2. The molecule has 0 atom stereocenters. The van der Waals surface area contributed by atoms with Crippen molar-refractivity contribution in [1.82, 2.24) is 9.97 Å². The summed E-state index contributed by atoms with van der Waals surface area (Å²) in [5, 5.41) is 4.57. The molecular weight excluding hydrogens is 422 g/mol. The van der Waals surface area contributed by atoms with Crippen LogP contribution in [0.5, 0.6) is 0 Å². The second-order valence-electron chi connectivity index (χ2n) is 8.44. The van der Waals surface area contributed by atoms with Gasteiger partial charge in [-0.25, -0.2) is 9.88 Å². The van der Waals surface area contributed by atoms with E-state index in [0.717, 1.165) is 33.2 Å². The van der Waals surface area contributed by atoms with Gasteiger partial charge in [-0.15, -0.1) is 0 Å². The van der Waals surface area contributed by atoms with Gasteiger partial charge in [0, 0.05) is 16.3 Å². The number of H-pyrrole nitrogens is 1. The Morgan fingerprint density at radius 1 is 0.588 bits per heavy atom. The number of hydrogen-bond acceptors (Lipinski definition) is 3. The van der Waals surface area contributed by atoms with Crippen LogP contribution in [0.4, 0.5) is 5.69 Å². The highest BCUT2D eigenvalue weighted by atomic mass is 16.2. The van der Waals surface area contributed by atoms with Gasteiger partial charge in [-0.3, -0.25) is 9.59 Å². The smallest absolute Gasteiger partial charge is 0.266 e. The number of fused-ring (bicyclic) bond motifs is 7. The molecule has 5 nitrogen and oxygen atoms in total. The maximum Gasteiger partial charge on any atom is 0.266 e. The summed E-state index contributed by atoms with van der Waals surface area (Å²) in [4.78, 5) is 35.3. The molecule has 2 amide bonds. The molecule has 1 N–H and O–H groups in total. The molecule has 5 heteroatoms. The minimum absolute atomic E-state index is 0.296. The Bertz CT molecular complexity index is 1690. The Kier molecular flexibility index (Phi) is 3.79. The number of carbonyl (C=O) groups is 2. The lowest BCUT2D eigenvalue weighted by Gasteiger charge is -2.14. The number of hydrogen-bond donors (Lipinski definition) is 1. The predicted octanol–water partition coefficient (Wildman–Crippen LogP) is 6.34. The summed E-state index contributed by atoms with van der Waals surface area (Å²) in [5.74, 6) is 0.149. The van der Waals surface area contributed by atoms with Crippen molar-refractivity contribution in [2.45, 2.75) is 0 Å². The molecule has 5 aromatic carbocycles. The van der Waals surface area contributed by atoms with E-state index in [1.54, 1.807) is 36.4 Å². The van der Waals surface area contributed by atoms with Gasteiger partial charge in [0.15, 0.2) is 0 Å². The molecular formula is C29H17N3O2. The van der Waals surface area contributed by atoms with Gasteiger partial charge in [0.05, 0.1) is 27.8 Å². The Morgan fingerprint density at radius 3 is 1.76 bits per heavy atom. The van der Waals surface area contributed by atoms with Gasteiger partial charge in [-0.2, -0.15) is 0 Å². The number of nitrogens with zero attached hydrogens (tertiary/aromatic N) is 2. The van der Waals surface area contributed by atoms with E-state index < -0.39 is 0 Å². The largest absolute Gasteiger partial charge is 0.337 e. The van der Waals surface area contributed by atoms with Gasteiger partial charge >= 0.3 is 0 Å². The number of anilines is 1. The summed E-state index contributed by atoms with van der Waals surface area (Å²) < 4.78 is 0. The molecule has 160 valence electrons. The number of aromatic nitrogens is 2. The van der Waals surface area contributed by atoms with E-state index in [1.807, 2.05) is 30.3 Å². The quantitative estimate of drug-likeness (QED) is 0.253. The lowest BCUT2D eigenvalue weighted by Crippen LogP contribution is -2.29. The average Bonchev–Trinajstić information content (AvgIpc) is 3.45. The maximum atomic E-state index is 12.8. The zero-order valence-electron chi connectivity index (χ0n) is 17.9. The van der Waals surface area contributed by atoms with Crippen molar-refractivity contribution < 1.29 is 9.59 Å². The number of benzene rings is 5. The van der Waals surface area contributed by atoms with Gasteiger partial charge < -0.3 is 4.98 Å². The summed E-state index contributed by atoms with van der Waals surface area (Å²) in [7, 11) is 0. The van der Waals surface area contributed by atoms with Crippen LogP contribution in [0.25, 0.3) is 44.0 Å². The van der Waals surface area contributed by atoms with E-state index in [0.29, 0.717) is 16.8 Å². The average molecular weight is 439 g/mol. The molecule has 34 heavy (non-hydrogen) atoms. The second kappa shape index (κ2) is 6.86. The van der Waals surface area contributed by atoms with Crippen LogP contribution >= 0.6 is 0 Å². The van der Waals surface area contributed by atoms with Crippen molar-refractivity contribution in [3.05, 3.63) is 108 Å². The molecule has 2 heterocycles. The molecule has 7 rings (SSSR count). The molecule has 1 aliphatic rings. The van der Waals surface area contributed by atoms with Gasteiger partial charge in [0.1, 0.15) is 5.82 Å². The monoisotopic (exact) mass is 439 g/mol. The maximum absolute atomic E-state index is 12.8. The van der Waals surface area contributed by atoms with E-state index in [4.69, 9.17) is 4.98 Å². The summed E-state index contributed by atoms with van der Waals surface area (Å²) >= 11 is 0.